The number of aromatic hydroxyl groups is 1. The van der Waals surface area contributed by atoms with Crippen LogP contribution < -0.4 is 0 Å². The molecule has 268 valence electrons. The van der Waals surface area contributed by atoms with E-state index in [9.17, 15) is 50.4 Å². The molecule has 2 saturated heterocycles. The second-order valence-corrected chi connectivity index (χ2v) is 11.4. The van der Waals surface area contributed by atoms with Crippen molar-refractivity contribution in [2.75, 3.05) is 26.9 Å². The molecule has 0 spiro atoms. The molecule has 0 aromatic heterocycles. The third-order valence-corrected chi connectivity index (χ3v) is 8.30. The molecule has 12 atom stereocenters. The molecule has 3 aliphatic rings. The maximum Gasteiger partial charge on any atom is 0.337 e. The smallest absolute Gasteiger partial charge is 0.337 e. The van der Waals surface area contributed by atoms with Crippen LogP contribution in [0.2, 0.25) is 0 Å². The highest BCUT2D eigenvalue weighted by molar-refractivity contribution is 5.90. The molecule has 2 fully saturated rings. The van der Waals surface area contributed by atoms with Gasteiger partial charge in [0, 0.05) is 11.5 Å². The van der Waals surface area contributed by atoms with Crippen molar-refractivity contribution in [1.82, 2.24) is 0 Å². The van der Waals surface area contributed by atoms with Gasteiger partial charge in [-0.2, -0.15) is 0 Å². The van der Waals surface area contributed by atoms with Crippen LogP contribution in [0.4, 0.5) is 0 Å². The first-order valence-electron chi connectivity index (χ1n) is 15.2. The van der Waals surface area contributed by atoms with Crippen LogP contribution >= 0.6 is 0 Å². The Hall–Kier alpha value is -3.20. The van der Waals surface area contributed by atoms with E-state index in [4.69, 9.17) is 33.2 Å². The van der Waals surface area contributed by atoms with E-state index in [0.29, 0.717) is 6.42 Å². The van der Waals surface area contributed by atoms with Crippen LogP contribution in [0.5, 0.6) is 5.75 Å². The quantitative estimate of drug-likeness (QED) is 0.0834. The zero-order valence-corrected chi connectivity index (χ0v) is 26.2. The van der Waals surface area contributed by atoms with Gasteiger partial charge in [0.2, 0.25) is 6.29 Å². The van der Waals surface area contributed by atoms with E-state index in [2.05, 4.69) is 0 Å². The highest BCUT2D eigenvalue weighted by Crippen LogP contribution is 2.37. The standard InChI is InChI=1S/C31H42O17/c1-3-16-17(18(28(41)42-2)13-44-29(16)48-30-26(40)24(38)22(36)19(11-32)45-30)10-21(35)47-27-25(39)23(37)20(12-33)46-31(27)43-9-8-14-4-6-15(34)7-5-14/h3-7,13,17,19-20,22-27,29-34,36-40H,8-12H2,1-2H3/b16-3-/t17-,19+,20+,22+,23+,24-,25-,26+,27+,29+,30-,31+/m0/s1. The summed E-state index contributed by atoms with van der Waals surface area (Å²) in [7, 11) is 1.11. The van der Waals surface area contributed by atoms with E-state index in [1.165, 1.54) is 18.2 Å². The molecule has 48 heavy (non-hydrogen) atoms. The van der Waals surface area contributed by atoms with Crippen molar-refractivity contribution >= 4 is 11.9 Å². The summed E-state index contributed by atoms with van der Waals surface area (Å²) < 4.78 is 38.5. The van der Waals surface area contributed by atoms with E-state index in [0.717, 1.165) is 18.9 Å². The van der Waals surface area contributed by atoms with Crippen LogP contribution in [-0.2, 0) is 49.2 Å². The first-order chi connectivity index (χ1) is 22.9. The molecule has 0 bridgehead atoms. The van der Waals surface area contributed by atoms with Crippen molar-refractivity contribution in [1.29, 1.82) is 0 Å². The number of methoxy groups -OCH3 is 1. The summed E-state index contributed by atoms with van der Waals surface area (Å²) in [4.78, 5) is 26.1. The number of esters is 2. The Balaban J connectivity index is 1.50. The summed E-state index contributed by atoms with van der Waals surface area (Å²) >= 11 is 0. The first-order valence-corrected chi connectivity index (χ1v) is 15.2. The summed E-state index contributed by atoms with van der Waals surface area (Å²) in [6, 6.07) is 6.32. The summed E-state index contributed by atoms with van der Waals surface area (Å²) in [6.07, 6.45) is -14.9. The van der Waals surface area contributed by atoms with Gasteiger partial charge in [-0.25, -0.2) is 4.79 Å². The van der Waals surface area contributed by atoms with Crippen molar-refractivity contribution in [3.8, 4) is 5.75 Å². The fourth-order valence-corrected chi connectivity index (χ4v) is 5.56. The number of carbonyl (C=O) groups is 2. The lowest BCUT2D eigenvalue weighted by atomic mass is 9.86. The number of rotatable bonds is 12. The van der Waals surface area contributed by atoms with Crippen molar-refractivity contribution in [3.05, 3.63) is 53.3 Å². The zero-order chi connectivity index (χ0) is 35.1. The Morgan fingerprint density at radius 2 is 1.50 bits per heavy atom. The fraction of sp³-hybridized carbons (Fsp3) is 0.613. The molecule has 3 aliphatic heterocycles. The second-order valence-electron chi connectivity index (χ2n) is 11.4. The number of hydrogen-bond donors (Lipinski definition) is 8. The van der Waals surface area contributed by atoms with E-state index in [1.54, 1.807) is 19.1 Å². The minimum atomic E-state index is -1.77. The molecule has 0 aliphatic carbocycles. The highest BCUT2D eigenvalue weighted by atomic mass is 16.8. The third kappa shape index (κ3) is 8.50. The molecule has 3 heterocycles. The van der Waals surface area contributed by atoms with Crippen LogP contribution in [0.25, 0.3) is 0 Å². The predicted molar refractivity (Wildman–Crippen MR) is 157 cm³/mol. The van der Waals surface area contributed by atoms with Crippen LogP contribution in [0, 0.1) is 5.92 Å². The van der Waals surface area contributed by atoms with Gasteiger partial charge in [-0.3, -0.25) is 4.79 Å². The number of phenols is 1. The van der Waals surface area contributed by atoms with E-state index in [-0.39, 0.29) is 23.5 Å². The summed E-state index contributed by atoms with van der Waals surface area (Å²) in [5, 5.41) is 80.8. The van der Waals surface area contributed by atoms with Gasteiger partial charge < -0.3 is 74.0 Å². The molecule has 17 nitrogen and oxygen atoms in total. The third-order valence-electron chi connectivity index (χ3n) is 8.30. The Bertz CT molecular complexity index is 1280. The molecule has 0 saturated carbocycles. The highest BCUT2D eigenvalue weighted by Gasteiger charge is 2.49. The summed E-state index contributed by atoms with van der Waals surface area (Å²) in [5.41, 5.74) is 0.825. The predicted octanol–water partition coefficient (Wildman–Crippen LogP) is -2.52. The lowest BCUT2D eigenvalue weighted by Gasteiger charge is -2.42. The van der Waals surface area contributed by atoms with Gasteiger partial charge in [0.1, 0.15) is 48.5 Å². The van der Waals surface area contributed by atoms with E-state index < -0.39 is 105 Å². The monoisotopic (exact) mass is 686 g/mol. The molecule has 1 aromatic carbocycles. The average molecular weight is 687 g/mol. The summed E-state index contributed by atoms with van der Waals surface area (Å²) in [5.74, 6) is -2.90. The Morgan fingerprint density at radius 3 is 2.10 bits per heavy atom. The van der Waals surface area contributed by atoms with Crippen LogP contribution in [0.3, 0.4) is 0 Å². The van der Waals surface area contributed by atoms with Gasteiger partial charge in [-0.15, -0.1) is 0 Å². The van der Waals surface area contributed by atoms with Gasteiger partial charge in [-0.05, 0) is 31.0 Å². The first kappa shape index (κ1) is 37.6. The SMILES string of the molecule is C/C=C1\[C@@H](O[C@@H]2O[C@H](CO)[C@@H](O)[C@H](O)[C@H]2O)OC=C(C(=O)OC)[C@H]1CC(=O)O[C@H]1[C@H](OCCc2ccc(O)cc2)O[C@H](CO)[C@@H](O)[C@@H]1O. The molecule has 1 aromatic rings. The lowest BCUT2D eigenvalue weighted by Crippen LogP contribution is -2.60. The van der Waals surface area contributed by atoms with Crippen LogP contribution in [0.15, 0.2) is 47.7 Å². The zero-order valence-electron chi connectivity index (χ0n) is 26.2. The van der Waals surface area contributed by atoms with Crippen molar-refractivity contribution < 1.29 is 83.6 Å². The maximum absolute atomic E-state index is 13.4. The number of hydrogen-bond acceptors (Lipinski definition) is 17. The molecular weight excluding hydrogens is 644 g/mol. The summed E-state index contributed by atoms with van der Waals surface area (Å²) in [6.45, 7) is 0.161. The minimum Gasteiger partial charge on any atom is -0.508 e. The molecule has 4 rings (SSSR count). The van der Waals surface area contributed by atoms with Crippen molar-refractivity contribution in [2.24, 2.45) is 5.92 Å². The van der Waals surface area contributed by atoms with Crippen LogP contribution in [0.1, 0.15) is 18.9 Å². The topological polar surface area (TPSA) is 261 Å². The molecule has 0 unspecified atom stereocenters. The molecular formula is C31H42O17. The number of benzene rings is 1. The van der Waals surface area contributed by atoms with Gasteiger partial charge in [-0.1, -0.05) is 18.2 Å². The van der Waals surface area contributed by atoms with Gasteiger partial charge in [0.25, 0.3) is 0 Å². The van der Waals surface area contributed by atoms with Crippen LogP contribution in [-0.4, -0.2) is 147 Å². The number of carbonyl (C=O) groups excluding carboxylic acids is 2. The number of ether oxygens (including phenoxy) is 7. The Kier molecular flexibility index (Phi) is 13.3. The molecule has 0 radical (unpaired) electrons. The number of phenolic OH excluding ortho intramolecular Hbond substituents is 1. The number of aliphatic hydroxyl groups is 7. The Morgan fingerprint density at radius 1 is 0.875 bits per heavy atom. The largest absolute Gasteiger partial charge is 0.508 e. The van der Waals surface area contributed by atoms with Gasteiger partial charge in [0.15, 0.2) is 18.7 Å². The Labute approximate surface area is 275 Å². The number of allylic oxidation sites excluding steroid dienone is 1. The average Bonchev–Trinajstić information content (AvgIpc) is 3.08. The van der Waals surface area contributed by atoms with E-state index in [1.807, 2.05) is 0 Å². The minimum absolute atomic E-state index is 0.000656. The maximum atomic E-state index is 13.4. The van der Waals surface area contributed by atoms with Crippen molar-refractivity contribution in [2.45, 2.75) is 87.5 Å². The normalized spacial score (nSPS) is 36.2. The van der Waals surface area contributed by atoms with Gasteiger partial charge in [0.05, 0.1) is 45.2 Å². The molecule has 0 amide bonds. The number of aliphatic hydroxyl groups excluding tert-OH is 7. The van der Waals surface area contributed by atoms with Gasteiger partial charge >= 0.3 is 11.9 Å². The fourth-order valence-electron chi connectivity index (χ4n) is 5.56. The van der Waals surface area contributed by atoms with Crippen molar-refractivity contribution in [3.63, 3.8) is 0 Å². The molecule has 8 N–H and O–H groups in total. The lowest BCUT2D eigenvalue weighted by molar-refractivity contribution is -0.327. The second kappa shape index (κ2) is 17.0. The molecule has 17 heteroatoms. The van der Waals surface area contributed by atoms with E-state index >= 15 is 0 Å².